The van der Waals surface area contributed by atoms with Crippen molar-refractivity contribution < 1.29 is 34.1 Å². The van der Waals surface area contributed by atoms with Crippen molar-refractivity contribution in [1.82, 2.24) is 15.0 Å². The minimum Gasteiger partial charge on any atom is -0.486 e. The standard InChI is InChI=1S/C29H27N2O.C11H8N.Ir/c1-19-18-30-26(17-25(19)29(2,3)4)24-12-8-11-22-23-16-15-21(31-28(23)32-27(22)24)14-13-20-9-6-5-7-10-20;1-2-6-10(7-3-1)11-8-4-5-9-12-11;/h5-11,15-18H,13-14H2,1-4H3;1-6,8-9H;/q2*-1;/i1D3,13D2,14D2;;. The van der Waals surface area contributed by atoms with Crippen LogP contribution in [0, 0.1) is 19.0 Å². The fourth-order valence-electron chi connectivity index (χ4n) is 4.83. The molecular weight excluding hydrogens is 731 g/mol. The molecule has 0 N–H and O–H groups in total. The van der Waals surface area contributed by atoms with Crippen LogP contribution in [0.25, 0.3) is 44.6 Å². The normalized spacial score (nSPS) is 14.3. The van der Waals surface area contributed by atoms with Gasteiger partial charge in [-0.3, -0.25) is 0 Å². The predicted molar refractivity (Wildman–Crippen MR) is 179 cm³/mol. The van der Waals surface area contributed by atoms with Crippen LogP contribution in [-0.4, -0.2) is 15.0 Å². The number of hydrogen-bond acceptors (Lipinski definition) is 4. The second-order valence-corrected chi connectivity index (χ2v) is 11.2. The van der Waals surface area contributed by atoms with Crippen molar-refractivity contribution in [3.05, 3.63) is 150 Å². The second-order valence-electron chi connectivity index (χ2n) is 11.2. The number of furan rings is 1. The van der Waals surface area contributed by atoms with Crippen LogP contribution < -0.4 is 0 Å². The summed E-state index contributed by atoms with van der Waals surface area (Å²) in [4.78, 5) is 13.1. The van der Waals surface area contributed by atoms with Crippen LogP contribution in [0.15, 0.2) is 120 Å². The molecule has 0 spiro atoms. The Morgan fingerprint density at radius 2 is 1.62 bits per heavy atom. The van der Waals surface area contributed by atoms with Crippen molar-refractivity contribution in [1.29, 1.82) is 0 Å². The number of pyridine rings is 3. The van der Waals surface area contributed by atoms with Gasteiger partial charge >= 0.3 is 0 Å². The molecule has 4 aromatic heterocycles. The molecule has 0 aliphatic heterocycles. The molecular formula is C40H35IrN3O-2. The van der Waals surface area contributed by atoms with Crippen LogP contribution in [0.5, 0.6) is 0 Å². The van der Waals surface area contributed by atoms with Crippen LogP contribution in [-0.2, 0) is 38.3 Å². The van der Waals surface area contributed by atoms with Crippen LogP contribution >= 0.6 is 0 Å². The van der Waals surface area contributed by atoms with E-state index in [1.807, 2.05) is 69.3 Å². The topological polar surface area (TPSA) is 51.8 Å². The van der Waals surface area contributed by atoms with Crippen molar-refractivity contribution in [3.63, 3.8) is 0 Å². The van der Waals surface area contributed by atoms with Crippen LogP contribution in [0.2, 0.25) is 0 Å². The van der Waals surface area contributed by atoms with Gasteiger partial charge in [-0.25, -0.2) is 4.98 Å². The van der Waals surface area contributed by atoms with Crippen molar-refractivity contribution >= 4 is 22.1 Å². The molecule has 7 aromatic rings. The fourth-order valence-corrected chi connectivity index (χ4v) is 4.83. The van der Waals surface area contributed by atoms with E-state index in [1.165, 1.54) is 12.3 Å². The molecule has 45 heavy (non-hydrogen) atoms. The van der Waals surface area contributed by atoms with Crippen molar-refractivity contribution in [3.8, 4) is 22.5 Å². The molecule has 0 saturated carbocycles. The molecule has 4 heterocycles. The molecule has 227 valence electrons. The van der Waals surface area contributed by atoms with E-state index in [-0.39, 0.29) is 42.6 Å². The number of benzene rings is 3. The molecule has 0 atom stereocenters. The zero-order chi connectivity index (χ0) is 36.6. The summed E-state index contributed by atoms with van der Waals surface area (Å²) in [5, 5.41) is 1.35. The van der Waals surface area contributed by atoms with Gasteiger partial charge in [-0.05, 0) is 71.3 Å². The summed E-state index contributed by atoms with van der Waals surface area (Å²) in [6.07, 6.45) is -1.63. The number of nitrogens with zero attached hydrogens (tertiary/aromatic N) is 3. The van der Waals surface area contributed by atoms with Crippen LogP contribution in [0.3, 0.4) is 0 Å². The first-order valence-electron chi connectivity index (χ1n) is 17.8. The summed E-state index contributed by atoms with van der Waals surface area (Å²) >= 11 is 0. The van der Waals surface area contributed by atoms with Gasteiger partial charge < -0.3 is 14.4 Å². The summed E-state index contributed by atoms with van der Waals surface area (Å²) < 4.78 is 64.4. The van der Waals surface area contributed by atoms with Crippen molar-refractivity contribution in [2.24, 2.45) is 0 Å². The van der Waals surface area contributed by atoms with Crippen molar-refractivity contribution in [2.45, 2.75) is 45.8 Å². The van der Waals surface area contributed by atoms with E-state index in [2.05, 4.69) is 27.1 Å². The van der Waals surface area contributed by atoms with Crippen molar-refractivity contribution in [2.75, 3.05) is 0 Å². The molecule has 3 aromatic carbocycles. The van der Waals surface area contributed by atoms with Gasteiger partial charge in [0.25, 0.3) is 0 Å². The summed E-state index contributed by atoms with van der Waals surface area (Å²) in [5.41, 5.74) is 4.11. The number of hydrogen-bond donors (Lipinski definition) is 0. The van der Waals surface area contributed by atoms with E-state index >= 15 is 0 Å². The number of rotatable bonds is 5. The Morgan fingerprint density at radius 1 is 0.800 bits per heavy atom. The Kier molecular flexibility index (Phi) is 7.49. The summed E-state index contributed by atoms with van der Waals surface area (Å²) in [5.74, 6) is 0. The van der Waals surface area contributed by atoms with Gasteiger partial charge in [-0.2, -0.15) is 0 Å². The maximum Gasteiger partial charge on any atom is 0.216 e. The van der Waals surface area contributed by atoms with Gasteiger partial charge in [-0.15, -0.1) is 54.1 Å². The van der Waals surface area contributed by atoms with Gasteiger partial charge in [0.1, 0.15) is 0 Å². The maximum atomic E-state index is 8.67. The number of fused-ring (bicyclic) bond motifs is 3. The minimum atomic E-state index is -2.45. The minimum absolute atomic E-state index is 0. The summed E-state index contributed by atoms with van der Waals surface area (Å²) in [7, 11) is 0. The second kappa shape index (κ2) is 14.1. The first kappa shape index (κ1) is 23.9. The first-order valence-corrected chi connectivity index (χ1v) is 14.3. The van der Waals surface area contributed by atoms with E-state index in [4.69, 9.17) is 14.0 Å². The predicted octanol–water partition coefficient (Wildman–Crippen LogP) is 9.78. The quantitative estimate of drug-likeness (QED) is 0.164. The Balaban J connectivity index is 0.000000339. The van der Waals surface area contributed by atoms with Gasteiger partial charge in [0.05, 0.1) is 5.58 Å². The van der Waals surface area contributed by atoms with Gasteiger partial charge in [0, 0.05) is 53.2 Å². The van der Waals surface area contributed by atoms with E-state index in [9.17, 15) is 0 Å². The summed E-state index contributed by atoms with van der Waals surface area (Å²) in [6.45, 7) is 3.52. The first-order chi connectivity index (χ1) is 24.1. The Labute approximate surface area is 288 Å². The Morgan fingerprint density at radius 3 is 2.36 bits per heavy atom. The van der Waals surface area contributed by atoms with E-state index < -0.39 is 25.0 Å². The monoisotopic (exact) mass is 773 g/mol. The molecule has 0 fully saturated rings. The number of aromatic nitrogens is 3. The van der Waals surface area contributed by atoms with Crippen LogP contribution in [0.4, 0.5) is 0 Å². The maximum absolute atomic E-state index is 8.67. The van der Waals surface area contributed by atoms with Gasteiger partial charge in [0.2, 0.25) is 5.71 Å². The van der Waals surface area contributed by atoms with Gasteiger partial charge in [0.15, 0.2) is 0 Å². The third-order valence-electron chi connectivity index (χ3n) is 7.03. The molecule has 0 aliphatic carbocycles. The molecule has 0 amide bonds. The molecule has 7 rings (SSSR count). The molecule has 5 heteroatoms. The third-order valence-corrected chi connectivity index (χ3v) is 7.03. The fraction of sp³-hybridized carbons (Fsp3) is 0.175. The van der Waals surface area contributed by atoms with Gasteiger partial charge in [-0.1, -0.05) is 80.3 Å². The molecule has 1 radical (unpaired) electrons. The molecule has 0 aliphatic rings. The zero-order valence-electron chi connectivity index (χ0n) is 32.1. The third kappa shape index (κ3) is 7.45. The molecule has 0 saturated heterocycles. The SMILES string of the molecule is [2H]C([2H])([2H])c1cnc(-c2[c-]ccc3c2oc2nc(C([2H])([2H])C([2H])([2H])c4ccccc4)ccc23)cc1C(C)(C)C.[Ir].[c-]1ccccc1-c1ccccn1. The Hall–Kier alpha value is -4.44. The largest absolute Gasteiger partial charge is 0.486 e. The average Bonchev–Trinajstić information content (AvgIpc) is 3.50. The zero-order valence-corrected chi connectivity index (χ0v) is 27.4. The van der Waals surface area contributed by atoms with E-state index in [0.717, 1.165) is 11.3 Å². The number of aryl methyl sites for hydroxylation is 3. The average molecular weight is 773 g/mol. The van der Waals surface area contributed by atoms with E-state index in [1.54, 1.807) is 54.7 Å². The smallest absolute Gasteiger partial charge is 0.216 e. The van der Waals surface area contributed by atoms with E-state index in [0.29, 0.717) is 33.2 Å². The molecule has 4 nitrogen and oxygen atoms in total. The molecule has 0 bridgehead atoms. The molecule has 0 unspecified atom stereocenters. The summed E-state index contributed by atoms with van der Waals surface area (Å²) in [6, 6.07) is 36.6. The Bertz CT molecular complexity index is 2250. The van der Waals surface area contributed by atoms with Crippen LogP contribution in [0.1, 0.15) is 52.8 Å².